The van der Waals surface area contributed by atoms with E-state index in [1.807, 2.05) is 67.6 Å². The van der Waals surface area contributed by atoms with Crippen LogP contribution in [0, 0.1) is 0 Å². The number of hydrogen-bond donors (Lipinski definition) is 5. The first-order chi connectivity index (χ1) is 19.9. The minimum absolute atomic E-state index is 0.0916. The Hall–Kier alpha value is -5.38. The number of nitrogens with two attached hydrogens (primary N) is 1. The van der Waals surface area contributed by atoms with Crippen LogP contribution in [0.2, 0.25) is 0 Å². The van der Waals surface area contributed by atoms with Crippen molar-refractivity contribution < 1.29 is 14.3 Å². The second-order valence-electron chi connectivity index (χ2n) is 9.57. The largest absolute Gasteiger partial charge is 0.438 e. The van der Waals surface area contributed by atoms with Crippen LogP contribution in [0.1, 0.15) is 30.5 Å². The molecule has 0 saturated carbocycles. The van der Waals surface area contributed by atoms with E-state index in [-0.39, 0.29) is 17.9 Å². The maximum Gasteiger partial charge on any atom is 0.319 e. The number of nitrogens with zero attached hydrogens (tertiary/aromatic N) is 2. The molecule has 2 atom stereocenters. The number of carbonyl (C=O) groups excluding carboxylic acids is 2. The highest BCUT2D eigenvalue weighted by Crippen LogP contribution is 2.28. The number of amides is 3. The third kappa shape index (κ3) is 7.18. The fourth-order valence-corrected chi connectivity index (χ4v) is 4.41. The average Bonchev–Trinajstić information content (AvgIpc) is 3.46. The van der Waals surface area contributed by atoms with Crippen molar-refractivity contribution in [2.45, 2.75) is 31.8 Å². The van der Waals surface area contributed by atoms with Crippen molar-refractivity contribution in [3.63, 3.8) is 0 Å². The van der Waals surface area contributed by atoms with Gasteiger partial charge in [0.2, 0.25) is 17.7 Å². The number of H-pyrrole nitrogens is 1. The summed E-state index contributed by atoms with van der Waals surface area (Å²) in [5, 5.41) is 9.37. The van der Waals surface area contributed by atoms with E-state index in [0.717, 1.165) is 11.1 Å². The van der Waals surface area contributed by atoms with Crippen molar-refractivity contribution in [1.82, 2.24) is 25.6 Å². The first-order valence-corrected chi connectivity index (χ1v) is 13.3. The van der Waals surface area contributed by atoms with Gasteiger partial charge >= 0.3 is 6.03 Å². The molecule has 0 aliphatic heterocycles. The molecule has 5 aromatic rings. The number of aryl methyl sites for hydroxylation is 1. The molecule has 2 heterocycles. The van der Waals surface area contributed by atoms with Crippen molar-refractivity contribution in [1.29, 1.82) is 0 Å². The second kappa shape index (κ2) is 12.6. The smallest absolute Gasteiger partial charge is 0.319 e. The molecular formula is C31H31N7O3. The summed E-state index contributed by atoms with van der Waals surface area (Å²) < 4.78 is 5.90. The standard InChI is InChI=1S/C31H31N7O3/c1-20(22-10-6-3-7-11-22)34-28(39)26(17-12-21-8-4-2-5-9-21)36-31(40)35-23-13-15-24(16-14-23)41-29-25-18-19-33-27(25)37-30(32)38-29/h2-11,13-16,18-20,26H,12,17H2,1H3,(H,34,39)(H2,35,36,40)(H3,32,33,37,38)/t20-,26?/m0/s1. The molecule has 3 amide bonds. The van der Waals surface area contributed by atoms with Gasteiger partial charge in [0.05, 0.1) is 11.4 Å². The maximum atomic E-state index is 13.3. The van der Waals surface area contributed by atoms with Crippen molar-refractivity contribution in [3.8, 4) is 11.6 Å². The maximum absolute atomic E-state index is 13.3. The lowest BCUT2D eigenvalue weighted by Gasteiger charge is -2.22. The molecule has 0 radical (unpaired) electrons. The van der Waals surface area contributed by atoms with Gasteiger partial charge in [0.25, 0.3) is 0 Å². The molecule has 10 nitrogen and oxygen atoms in total. The highest BCUT2D eigenvalue weighted by atomic mass is 16.5. The quantitative estimate of drug-likeness (QED) is 0.159. The number of urea groups is 1. The molecule has 1 unspecified atom stereocenters. The Bertz CT molecular complexity index is 1610. The summed E-state index contributed by atoms with van der Waals surface area (Å²) in [6, 6.07) is 26.7. The Morgan fingerprint density at radius 3 is 2.34 bits per heavy atom. The molecule has 0 spiro atoms. The summed E-state index contributed by atoms with van der Waals surface area (Å²) in [6.07, 6.45) is 2.80. The van der Waals surface area contributed by atoms with Crippen LogP contribution in [-0.4, -0.2) is 32.9 Å². The van der Waals surface area contributed by atoms with Gasteiger partial charge in [-0.2, -0.15) is 9.97 Å². The number of nitrogen functional groups attached to an aromatic ring is 1. The lowest BCUT2D eigenvalue weighted by Crippen LogP contribution is -2.48. The van der Waals surface area contributed by atoms with Crippen LogP contribution in [0.5, 0.6) is 11.6 Å². The molecule has 41 heavy (non-hydrogen) atoms. The Labute approximate surface area is 237 Å². The summed E-state index contributed by atoms with van der Waals surface area (Å²) in [5.41, 5.74) is 8.96. The molecule has 0 bridgehead atoms. The number of fused-ring (bicyclic) bond motifs is 1. The zero-order valence-electron chi connectivity index (χ0n) is 22.5. The van der Waals surface area contributed by atoms with Crippen LogP contribution in [-0.2, 0) is 11.2 Å². The number of anilines is 2. The van der Waals surface area contributed by atoms with E-state index in [4.69, 9.17) is 10.5 Å². The van der Waals surface area contributed by atoms with Crippen molar-refractivity contribution in [2.24, 2.45) is 0 Å². The van der Waals surface area contributed by atoms with E-state index in [9.17, 15) is 9.59 Å². The van der Waals surface area contributed by atoms with Gasteiger partial charge in [-0.3, -0.25) is 4.79 Å². The van der Waals surface area contributed by atoms with Crippen molar-refractivity contribution in [3.05, 3.63) is 108 Å². The predicted octanol–water partition coefficient (Wildman–Crippen LogP) is 5.33. The zero-order chi connectivity index (χ0) is 28.6. The van der Waals surface area contributed by atoms with Crippen LogP contribution in [0.25, 0.3) is 11.0 Å². The molecule has 0 aliphatic rings. The summed E-state index contributed by atoms with van der Waals surface area (Å²) in [5.74, 6) is 0.668. The molecule has 0 fully saturated rings. The van der Waals surface area contributed by atoms with Crippen molar-refractivity contribution >= 4 is 34.6 Å². The van der Waals surface area contributed by atoms with E-state index >= 15 is 0 Å². The highest BCUT2D eigenvalue weighted by molar-refractivity contribution is 5.94. The summed E-state index contributed by atoms with van der Waals surface area (Å²) >= 11 is 0. The minimum atomic E-state index is -0.740. The van der Waals surface area contributed by atoms with Crippen LogP contribution in [0.3, 0.4) is 0 Å². The second-order valence-corrected chi connectivity index (χ2v) is 9.57. The van der Waals surface area contributed by atoms with E-state index < -0.39 is 12.1 Å². The van der Waals surface area contributed by atoms with Crippen molar-refractivity contribution in [2.75, 3.05) is 11.1 Å². The third-order valence-electron chi connectivity index (χ3n) is 6.57. The number of ether oxygens (including phenoxy) is 1. The fourth-order valence-electron chi connectivity index (χ4n) is 4.41. The number of carbonyl (C=O) groups is 2. The van der Waals surface area contributed by atoms with Gasteiger partial charge in [0.1, 0.15) is 17.4 Å². The first-order valence-electron chi connectivity index (χ1n) is 13.3. The molecule has 208 valence electrons. The summed E-state index contributed by atoms with van der Waals surface area (Å²) in [6.45, 7) is 1.92. The van der Waals surface area contributed by atoms with Gasteiger partial charge in [-0.05, 0) is 61.2 Å². The minimum Gasteiger partial charge on any atom is -0.438 e. The third-order valence-corrected chi connectivity index (χ3v) is 6.57. The van der Waals surface area contributed by atoms with Gasteiger partial charge in [0.15, 0.2) is 0 Å². The van der Waals surface area contributed by atoms with Gasteiger partial charge in [-0.1, -0.05) is 60.7 Å². The number of nitrogens with one attached hydrogen (secondary N) is 4. The number of aromatic nitrogens is 3. The van der Waals surface area contributed by atoms with E-state index in [2.05, 4.69) is 30.9 Å². The van der Waals surface area contributed by atoms with Crippen LogP contribution in [0.4, 0.5) is 16.4 Å². The molecular weight excluding hydrogens is 518 g/mol. The Balaban J connectivity index is 1.22. The molecule has 2 aromatic heterocycles. The Kier molecular flexibility index (Phi) is 8.39. The van der Waals surface area contributed by atoms with Crippen LogP contribution >= 0.6 is 0 Å². The Morgan fingerprint density at radius 1 is 0.902 bits per heavy atom. The van der Waals surface area contributed by atoms with E-state index in [1.54, 1.807) is 36.5 Å². The average molecular weight is 550 g/mol. The van der Waals surface area contributed by atoms with Crippen LogP contribution < -0.4 is 26.4 Å². The SMILES string of the molecule is C[C@H](NC(=O)C(CCc1ccccc1)NC(=O)Nc1ccc(Oc2nc(N)nc3[nH]ccc23)cc1)c1ccccc1. The van der Waals surface area contributed by atoms with Gasteiger partial charge in [0, 0.05) is 11.9 Å². The summed E-state index contributed by atoms with van der Waals surface area (Å²) in [7, 11) is 0. The Morgan fingerprint density at radius 2 is 1.61 bits per heavy atom. The predicted molar refractivity (Wildman–Crippen MR) is 159 cm³/mol. The molecule has 0 saturated heterocycles. The molecule has 3 aromatic carbocycles. The normalized spacial score (nSPS) is 12.3. The molecule has 6 N–H and O–H groups in total. The summed E-state index contributed by atoms with van der Waals surface area (Å²) in [4.78, 5) is 37.5. The first kappa shape index (κ1) is 27.2. The number of hydrogen-bond acceptors (Lipinski definition) is 6. The number of rotatable bonds is 10. The molecule has 0 aliphatic carbocycles. The zero-order valence-corrected chi connectivity index (χ0v) is 22.5. The monoisotopic (exact) mass is 549 g/mol. The highest BCUT2D eigenvalue weighted by Gasteiger charge is 2.23. The topological polar surface area (TPSA) is 147 Å². The number of aromatic amines is 1. The van der Waals surface area contributed by atoms with Gasteiger partial charge < -0.3 is 31.4 Å². The van der Waals surface area contributed by atoms with Gasteiger partial charge in [-0.15, -0.1) is 0 Å². The fraction of sp³-hybridized carbons (Fsp3) is 0.161. The number of benzene rings is 3. The molecule has 10 heteroatoms. The van der Waals surface area contributed by atoms with Gasteiger partial charge in [-0.25, -0.2) is 4.79 Å². The molecule has 5 rings (SSSR count). The van der Waals surface area contributed by atoms with E-state index in [1.165, 1.54) is 0 Å². The lowest BCUT2D eigenvalue weighted by atomic mass is 10.0. The van der Waals surface area contributed by atoms with E-state index in [0.29, 0.717) is 41.2 Å². The lowest BCUT2D eigenvalue weighted by molar-refractivity contribution is -0.123. The van der Waals surface area contributed by atoms with Crippen LogP contribution in [0.15, 0.2) is 97.2 Å².